The third-order valence-electron chi connectivity index (χ3n) is 1.99. The van der Waals surface area contributed by atoms with Crippen LogP contribution in [0.2, 0.25) is 0 Å². The van der Waals surface area contributed by atoms with Crippen molar-refractivity contribution < 1.29 is 19.4 Å². The molecule has 1 aromatic carbocycles. The highest BCUT2D eigenvalue weighted by molar-refractivity contribution is 5.98. The number of nitriles is 1. The molecule has 0 amide bonds. The summed E-state index contributed by atoms with van der Waals surface area (Å²) in [6.07, 6.45) is 1.33. The minimum absolute atomic E-state index is 0.138. The van der Waals surface area contributed by atoms with Crippen molar-refractivity contribution in [3.8, 4) is 6.07 Å². The van der Waals surface area contributed by atoms with Crippen LogP contribution in [0, 0.1) is 11.3 Å². The topological polar surface area (TPSA) is 87.4 Å². The average molecular weight is 231 g/mol. The molecule has 0 fully saturated rings. The van der Waals surface area contributed by atoms with Gasteiger partial charge in [-0.1, -0.05) is 12.1 Å². The molecule has 5 nitrogen and oxygen atoms in total. The number of esters is 1. The summed E-state index contributed by atoms with van der Waals surface area (Å²) in [6, 6.07) is 7.49. The maximum absolute atomic E-state index is 11.1. The smallest absolute Gasteiger partial charge is 0.348 e. The van der Waals surface area contributed by atoms with Crippen molar-refractivity contribution in [2.45, 2.75) is 0 Å². The lowest BCUT2D eigenvalue weighted by molar-refractivity contribution is -0.135. The third kappa shape index (κ3) is 3.18. The quantitative estimate of drug-likeness (QED) is 0.483. The number of carbonyl (C=O) groups excluding carboxylic acids is 1. The molecule has 1 aromatic rings. The van der Waals surface area contributed by atoms with Gasteiger partial charge in [-0.15, -0.1) is 0 Å². The van der Waals surface area contributed by atoms with Crippen LogP contribution >= 0.6 is 0 Å². The van der Waals surface area contributed by atoms with E-state index in [1.165, 1.54) is 37.5 Å². The van der Waals surface area contributed by atoms with Crippen LogP contribution in [0.25, 0.3) is 6.08 Å². The lowest BCUT2D eigenvalue weighted by Crippen LogP contribution is -2.02. The number of rotatable bonds is 3. The van der Waals surface area contributed by atoms with Crippen molar-refractivity contribution in [1.29, 1.82) is 5.26 Å². The number of carboxylic acid groups (broad SMARTS) is 1. The Morgan fingerprint density at radius 1 is 1.35 bits per heavy atom. The fourth-order valence-electron chi connectivity index (χ4n) is 1.14. The summed E-state index contributed by atoms with van der Waals surface area (Å²) >= 11 is 0. The Bertz CT molecular complexity index is 508. The lowest BCUT2D eigenvalue weighted by atomic mass is 10.1. The zero-order valence-electron chi connectivity index (χ0n) is 9.01. The maximum atomic E-state index is 11.1. The first-order chi connectivity index (χ1) is 8.08. The Kier molecular flexibility index (Phi) is 4.01. The molecule has 0 saturated heterocycles. The van der Waals surface area contributed by atoms with Gasteiger partial charge in [0.15, 0.2) is 0 Å². The molecule has 0 atom stereocenters. The van der Waals surface area contributed by atoms with Gasteiger partial charge in [-0.3, -0.25) is 0 Å². The number of carboxylic acids is 1. The molecule has 0 spiro atoms. The number of methoxy groups -OCH3 is 1. The highest BCUT2D eigenvalue weighted by atomic mass is 16.5. The lowest BCUT2D eigenvalue weighted by Gasteiger charge is -1.98. The number of ether oxygens (including phenoxy) is 1. The summed E-state index contributed by atoms with van der Waals surface area (Å²) in [5.74, 6) is -1.76. The summed E-state index contributed by atoms with van der Waals surface area (Å²) in [7, 11) is 1.18. The second-order valence-corrected chi connectivity index (χ2v) is 3.09. The zero-order chi connectivity index (χ0) is 12.8. The molecule has 1 N–H and O–H groups in total. The normalized spacial score (nSPS) is 10.5. The van der Waals surface area contributed by atoms with E-state index in [0.29, 0.717) is 5.56 Å². The molecule has 0 unspecified atom stereocenters. The van der Waals surface area contributed by atoms with Crippen LogP contribution in [0.3, 0.4) is 0 Å². The first-order valence-corrected chi connectivity index (χ1v) is 4.62. The molecule has 0 bridgehead atoms. The van der Waals surface area contributed by atoms with Gasteiger partial charge in [-0.05, 0) is 23.8 Å². The first kappa shape index (κ1) is 12.5. The van der Waals surface area contributed by atoms with Gasteiger partial charge >= 0.3 is 11.9 Å². The van der Waals surface area contributed by atoms with Crippen molar-refractivity contribution in [3.63, 3.8) is 0 Å². The van der Waals surface area contributed by atoms with Crippen LogP contribution in [-0.4, -0.2) is 24.2 Å². The molecule has 0 heterocycles. The number of benzene rings is 1. The molecule has 1 rings (SSSR count). The number of nitrogens with zero attached hydrogens (tertiary/aromatic N) is 1. The van der Waals surface area contributed by atoms with Crippen LogP contribution in [0.5, 0.6) is 0 Å². The summed E-state index contributed by atoms with van der Waals surface area (Å²) < 4.78 is 4.41. The largest absolute Gasteiger partial charge is 0.478 e. The summed E-state index contributed by atoms with van der Waals surface area (Å²) in [4.78, 5) is 21.7. The van der Waals surface area contributed by atoms with Crippen LogP contribution in [0.4, 0.5) is 0 Å². The summed E-state index contributed by atoms with van der Waals surface area (Å²) in [5, 5.41) is 17.4. The molecule has 0 aliphatic rings. The van der Waals surface area contributed by atoms with Crippen molar-refractivity contribution in [3.05, 3.63) is 41.0 Å². The highest BCUT2D eigenvalue weighted by Gasteiger charge is 2.08. The molecule has 0 aliphatic heterocycles. The second-order valence-electron chi connectivity index (χ2n) is 3.09. The second kappa shape index (κ2) is 5.47. The van der Waals surface area contributed by atoms with Gasteiger partial charge in [0.2, 0.25) is 0 Å². The van der Waals surface area contributed by atoms with Gasteiger partial charge in [0.1, 0.15) is 11.6 Å². The monoisotopic (exact) mass is 231 g/mol. The molecule has 0 radical (unpaired) electrons. The van der Waals surface area contributed by atoms with E-state index in [-0.39, 0.29) is 11.1 Å². The van der Waals surface area contributed by atoms with Crippen LogP contribution in [0.15, 0.2) is 29.8 Å². The van der Waals surface area contributed by atoms with Crippen molar-refractivity contribution in [2.24, 2.45) is 0 Å². The van der Waals surface area contributed by atoms with E-state index < -0.39 is 11.9 Å². The Morgan fingerprint density at radius 2 is 1.94 bits per heavy atom. The maximum Gasteiger partial charge on any atom is 0.348 e. The predicted octanol–water partition coefficient (Wildman–Crippen LogP) is 1.46. The van der Waals surface area contributed by atoms with Crippen LogP contribution < -0.4 is 0 Å². The van der Waals surface area contributed by atoms with Gasteiger partial charge in [-0.2, -0.15) is 5.26 Å². The first-order valence-electron chi connectivity index (χ1n) is 4.62. The Hall–Kier alpha value is -2.61. The average Bonchev–Trinajstić information content (AvgIpc) is 2.35. The van der Waals surface area contributed by atoms with Gasteiger partial charge in [0, 0.05) is 0 Å². The van der Waals surface area contributed by atoms with E-state index in [1.807, 2.05) is 0 Å². The SMILES string of the molecule is COC(=O)C(C#N)=Cc1ccc(C(=O)O)cc1. The van der Waals surface area contributed by atoms with Crippen LogP contribution in [-0.2, 0) is 9.53 Å². The highest BCUT2D eigenvalue weighted by Crippen LogP contribution is 2.09. The van der Waals surface area contributed by atoms with E-state index in [9.17, 15) is 9.59 Å². The van der Waals surface area contributed by atoms with Crippen molar-refractivity contribution >= 4 is 18.0 Å². The number of hydrogen-bond donors (Lipinski definition) is 1. The van der Waals surface area contributed by atoms with E-state index in [1.54, 1.807) is 6.07 Å². The molecule has 17 heavy (non-hydrogen) atoms. The Morgan fingerprint density at radius 3 is 2.35 bits per heavy atom. The molecule has 86 valence electrons. The molecule has 5 heteroatoms. The minimum atomic E-state index is -1.03. The Balaban J connectivity index is 3.02. The fourth-order valence-corrected chi connectivity index (χ4v) is 1.14. The molecule has 0 aromatic heterocycles. The molecular formula is C12H9NO4. The fraction of sp³-hybridized carbons (Fsp3) is 0.0833. The van der Waals surface area contributed by atoms with Gasteiger partial charge in [0.05, 0.1) is 12.7 Å². The van der Waals surface area contributed by atoms with Gasteiger partial charge < -0.3 is 9.84 Å². The van der Waals surface area contributed by atoms with Gasteiger partial charge in [0.25, 0.3) is 0 Å². The third-order valence-corrected chi connectivity index (χ3v) is 1.99. The number of aromatic carboxylic acids is 1. The van der Waals surface area contributed by atoms with Crippen LogP contribution in [0.1, 0.15) is 15.9 Å². The van der Waals surface area contributed by atoms with E-state index in [2.05, 4.69) is 4.74 Å². The van der Waals surface area contributed by atoms with E-state index in [0.717, 1.165) is 0 Å². The van der Waals surface area contributed by atoms with E-state index >= 15 is 0 Å². The minimum Gasteiger partial charge on any atom is -0.478 e. The predicted molar refractivity (Wildman–Crippen MR) is 59.0 cm³/mol. The van der Waals surface area contributed by atoms with Crippen molar-refractivity contribution in [1.82, 2.24) is 0 Å². The summed E-state index contributed by atoms with van der Waals surface area (Å²) in [6.45, 7) is 0. The number of carbonyl (C=O) groups is 2. The zero-order valence-corrected chi connectivity index (χ0v) is 9.01. The Labute approximate surface area is 97.6 Å². The molecular weight excluding hydrogens is 222 g/mol. The molecule has 0 saturated carbocycles. The molecule has 0 aliphatic carbocycles. The van der Waals surface area contributed by atoms with E-state index in [4.69, 9.17) is 10.4 Å². The summed E-state index contributed by atoms with van der Waals surface area (Å²) in [5.41, 5.74) is 0.547. The van der Waals surface area contributed by atoms with Gasteiger partial charge in [-0.25, -0.2) is 9.59 Å². The van der Waals surface area contributed by atoms with Crippen molar-refractivity contribution in [2.75, 3.05) is 7.11 Å². The number of hydrogen-bond acceptors (Lipinski definition) is 4. The standard InChI is InChI=1S/C12H9NO4/c1-17-12(16)10(7-13)6-8-2-4-9(5-3-8)11(14)15/h2-6H,1H3,(H,14,15).